The van der Waals surface area contributed by atoms with Crippen LogP contribution >= 0.6 is 10.7 Å². The van der Waals surface area contributed by atoms with E-state index in [4.69, 9.17) is 10.7 Å². The van der Waals surface area contributed by atoms with E-state index in [-0.39, 0.29) is 10.8 Å². The van der Waals surface area contributed by atoms with E-state index >= 15 is 0 Å². The largest absolute Gasteiger partial charge is 0.352 e. The van der Waals surface area contributed by atoms with Gasteiger partial charge in [0.05, 0.1) is 4.90 Å². The number of carbonyl (C=O) groups excluding carboxylic acids is 1. The molecule has 20 heavy (non-hydrogen) atoms. The lowest BCUT2D eigenvalue weighted by atomic mass is 10.0. The second-order valence-electron chi connectivity index (χ2n) is 5.36. The van der Waals surface area contributed by atoms with Gasteiger partial charge in [0.1, 0.15) is 0 Å². The fourth-order valence-corrected chi connectivity index (χ4v) is 3.43. The summed E-state index contributed by atoms with van der Waals surface area (Å²) in [6, 6.07) is 3.03. The molecule has 1 amide bonds. The van der Waals surface area contributed by atoms with Crippen LogP contribution in [0.15, 0.2) is 17.0 Å². The van der Waals surface area contributed by atoms with Crippen molar-refractivity contribution >= 4 is 25.6 Å². The lowest BCUT2D eigenvalue weighted by Crippen LogP contribution is -2.25. The first-order valence-corrected chi connectivity index (χ1v) is 8.94. The number of hydrogen-bond acceptors (Lipinski definition) is 3. The highest BCUT2D eigenvalue weighted by Crippen LogP contribution is 2.31. The van der Waals surface area contributed by atoms with Crippen LogP contribution in [0, 0.1) is 19.8 Å². The second kappa shape index (κ2) is 5.74. The van der Waals surface area contributed by atoms with Gasteiger partial charge in [0.2, 0.25) is 0 Å². The maximum atomic E-state index is 12.1. The average Bonchev–Trinajstić information content (AvgIpc) is 3.11. The van der Waals surface area contributed by atoms with Crippen molar-refractivity contribution in [3.05, 3.63) is 28.8 Å². The maximum absolute atomic E-state index is 12.1. The molecule has 1 saturated carbocycles. The normalized spacial score (nSPS) is 15.2. The fourth-order valence-electron chi connectivity index (χ4n) is 2.23. The van der Waals surface area contributed by atoms with E-state index in [1.807, 2.05) is 0 Å². The number of aryl methyl sites for hydroxylation is 2. The van der Waals surface area contributed by atoms with E-state index in [1.54, 1.807) is 19.9 Å². The van der Waals surface area contributed by atoms with Crippen LogP contribution in [0.3, 0.4) is 0 Å². The molecule has 0 heterocycles. The van der Waals surface area contributed by atoms with Crippen LogP contribution in [-0.2, 0) is 9.05 Å². The molecule has 6 heteroatoms. The quantitative estimate of drug-likeness (QED) is 0.850. The van der Waals surface area contributed by atoms with Crippen LogP contribution in [0.5, 0.6) is 0 Å². The Morgan fingerprint density at radius 2 is 1.95 bits per heavy atom. The molecule has 2 rings (SSSR count). The monoisotopic (exact) mass is 315 g/mol. The predicted molar refractivity (Wildman–Crippen MR) is 78.6 cm³/mol. The van der Waals surface area contributed by atoms with Crippen LogP contribution in [-0.4, -0.2) is 20.9 Å². The molecular weight excluding hydrogens is 298 g/mol. The Labute approximate surface area is 123 Å². The van der Waals surface area contributed by atoms with E-state index in [1.165, 1.54) is 18.9 Å². The van der Waals surface area contributed by atoms with Gasteiger partial charge in [-0.1, -0.05) is 18.9 Å². The van der Waals surface area contributed by atoms with Gasteiger partial charge in [0.15, 0.2) is 0 Å². The molecule has 1 N–H and O–H groups in total. The van der Waals surface area contributed by atoms with Gasteiger partial charge in [0.25, 0.3) is 15.0 Å². The Hall–Kier alpha value is -1.07. The number of nitrogens with one attached hydrogen (secondary N) is 1. The minimum Gasteiger partial charge on any atom is -0.352 e. The van der Waals surface area contributed by atoms with Crippen molar-refractivity contribution < 1.29 is 13.2 Å². The molecule has 1 aliphatic rings. The molecule has 0 spiro atoms. The summed E-state index contributed by atoms with van der Waals surface area (Å²) in [7, 11) is 1.55. The molecule has 4 nitrogen and oxygen atoms in total. The smallest absolute Gasteiger partial charge is 0.261 e. The Bertz CT molecular complexity index is 636. The SMILES string of the molecule is Cc1cc(C)c(S(=O)(=O)Cl)cc1C(=O)NCCC1CC1. The highest BCUT2D eigenvalue weighted by Gasteiger charge is 2.22. The van der Waals surface area contributed by atoms with Gasteiger partial charge in [-0.25, -0.2) is 8.42 Å². The van der Waals surface area contributed by atoms with E-state index < -0.39 is 9.05 Å². The third-order valence-corrected chi connectivity index (χ3v) is 5.03. The zero-order valence-electron chi connectivity index (χ0n) is 11.6. The molecule has 0 aromatic heterocycles. The van der Waals surface area contributed by atoms with Gasteiger partial charge in [0, 0.05) is 22.8 Å². The average molecular weight is 316 g/mol. The first-order valence-electron chi connectivity index (χ1n) is 6.63. The molecule has 1 aromatic rings. The van der Waals surface area contributed by atoms with E-state index in [0.29, 0.717) is 17.7 Å². The van der Waals surface area contributed by atoms with E-state index in [0.717, 1.165) is 17.9 Å². The van der Waals surface area contributed by atoms with Crippen LogP contribution in [0.25, 0.3) is 0 Å². The van der Waals surface area contributed by atoms with Crippen LogP contribution < -0.4 is 5.32 Å². The summed E-state index contributed by atoms with van der Waals surface area (Å²) in [6.45, 7) is 4.07. The molecule has 1 aliphatic carbocycles. The minimum absolute atomic E-state index is 0.00268. The van der Waals surface area contributed by atoms with Crippen molar-refractivity contribution in [2.45, 2.75) is 38.0 Å². The van der Waals surface area contributed by atoms with Gasteiger partial charge < -0.3 is 5.32 Å². The number of carbonyl (C=O) groups is 1. The van der Waals surface area contributed by atoms with Crippen LogP contribution in [0.1, 0.15) is 40.7 Å². The summed E-state index contributed by atoms with van der Waals surface area (Å²) in [5.41, 5.74) is 1.66. The number of halogens is 1. The summed E-state index contributed by atoms with van der Waals surface area (Å²) in [5, 5.41) is 2.83. The number of hydrogen-bond donors (Lipinski definition) is 1. The molecule has 0 aliphatic heterocycles. The molecule has 0 atom stereocenters. The van der Waals surface area contributed by atoms with Gasteiger partial charge >= 0.3 is 0 Å². The van der Waals surface area contributed by atoms with E-state index in [2.05, 4.69) is 5.32 Å². The summed E-state index contributed by atoms with van der Waals surface area (Å²) in [5.74, 6) is 0.498. The lowest BCUT2D eigenvalue weighted by molar-refractivity contribution is 0.0952. The molecule has 0 saturated heterocycles. The third-order valence-electron chi connectivity index (χ3n) is 3.56. The summed E-state index contributed by atoms with van der Waals surface area (Å²) >= 11 is 0. The highest BCUT2D eigenvalue weighted by atomic mass is 35.7. The summed E-state index contributed by atoms with van der Waals surface area (Å²) < 4.78 is 23.0. The maximum Gasteiger partial charge on any atom is 0.261 e. The zero-order valence-corrected chi connectivity index (χ0v) is 13.1. The molecule has 1 fully saturated rings. The highest BCUT2D eigenvalue weighted by molar-refractivity contribution is 8.13. The van der Waals surface area contributed by atoms with Crippen molar-refractivity contribution in [3.8, 4) is 0 Å². The molecule has 110 valence electrons. The number of rotatable bonds is 5. The Kier molecular flexibility index (Phi) is 4.39. The van der Waals surface area contributed by atoms with Crippen molar-refractivity contribution in [2.24, 2.45) is 5.92 Å². The Morgan fingerprint density at radius 3 is 2.50 bits per heavy atom. The van der Waals surface area contributed by atoms with Gasteiger partial charge in [-0.05, 0) is 43.4 Å². The first-order chi connectivity index (χ1) is 9.29. The number of benzene rings is 1. The third kappa shape index (κ3) is 3.73. The van der Waals surface area contributed by atoms with Crippen molar-refractivity contribution in [3.63, 3.8) is 0 Å². The molecule has 1 aromatic carbocycles. The molecule has 0 unspecified atom stereocenters. The molecule has 0 radical (unpaired) electrons. The van der Waals surface area contributed by atoms with Gasteiger partial charge in [-0.3, -0.25) is 4.79 Å². The molecular formula is C14H18ClNO3S. The molecule has 0 bridgehead atoms. The van der Waals surface area contributed by atoms with Crippen LogP contribution in [0.2, 0.25) is 0 Å². The minimum atomic E-state index is -3.84. The summed E-state index contributed by atoms with van der Waals surface area (Å²) in [4.78, 5) is 12.1. The zero-order chi connectivity index (χ0) is 14.9. The Morgan fingerprint density at radius 1 is 1.30 bits per heavy atom. The second-order valence-corrected chi connectivity index (χ2v) is 7.89. The predicted octanol–water partition coefficient (Wildman–Crippen LogP) is 2.76. The standard InChI is InChI=1S/C14H18ClNO3S/c1-9-7-10(2)13(20(15,18)19)8-12(9)14(17)16-6-5-11-3-4-11/h7-8,11H,3-6H2,1-2H3,(H,16,17). The van der Waals surface area contributed by atoms with Gasteiger partial charge in [-0.2, -0.15) is 0 Å². The van der Waals surface area contributed by atoms with Crippen molar-refractivity contribution in [1.29, 1.82) is 0 Å². The van der Waals surface area contributed by atoms with Crippen molar-refractivity contribution in [1.82, 2.24) is 5.32 Å². The lowest BCUT2D eigenvalue weighted by Gasteiger charge is -2.11. The number of amides is 1. The van der Waals surface area contributed by atoms with Crippen molar-refractivity contribution in [2.75, 3.05) is 6.54 Å². The van der Waals surface area contributed by atoms with Gasteiger partial charge in [-0.15, -0.1) is 0 Å². The fraction of sp³-hybridized carbons (Fsp3) is 0.500. The van der Waals surface area contributed by atoms with E-state index in [9.17, 15) is 13.2 Å². The Balaban J connectivity index is 2.19. The van der Waals surface area contributed by atoms with Crippen LogP contribution in [0.4, 0.5) is 0 Å². The first kappa shape index (κ1) is 15.3. The summed E-state index contributed by atoms with van der Waals surface area (Å²) in [6.07, 6.45) is 3.47. The topological polar surface area (TPSA) is 63.2 Å².